The summed E-state index contributed by atoms with van der Waals surface area (Å²) in [7, 11) is 0. The lowest BCUT2D eigenvalue weighted by Crippen LogP contribution is -2.45. The zero-order valence-electron chi connectivity index (χ0n) is 19.1. The molecule has 1 heterocycles. The van der Waals surface area contributed by atoms with E-state index in [1.165, 1.54) is 6.07 Å². The summed E-state index contributed by atoms with van der Waals surface area (Å²) in [5, 5.41) is 30.6. The number of carboxylic acids is 1. The first-order valence-corrected chi connectivity index (χ1v) is 10.8. The fourth-order valence-corrected chi connectivity index (χ4v) is 4.49. The molecular weight excluding hydrogens is 420 g/mol. The molecule has 0 unspecified atom stereocenters. The highest BCUT2D eigenvalue weighted by Gasteiger charge is 2.39. The van der Waals surface area contributed by atoms with Crippen LogP contribution in [0.5, 0.6) is 0 Å². The molecule has 0 fully saturated rings. The third-order valence-electron chi connectivity index (χ3n) is 6.35. The Labute approximate surface area is 192 Å². The van der Waals surface area contributed by atoms with Gasteiger partial charge < -0.3 is 15.5 Å². The lowest BCUT2D eigenvalue weighted by molar-refractivity contribution is 0.0693. The van der Waals surface area contributed by atoms with Gasteiger partial charge in [0.25, 0.3) is 0 Å². The molecule has 4 N–H and O–H groups in total. The van der Waals surface area contributed by atoms with Crippen LogP contribution in [-0.2, 0) is 5.41 Å². The molecule has 2 aromatic carbocycles. The van der Waals surface area contributed by atoms with E-state index in [4.69, 9.17) is 0 Å². The van der Waals surface area contributed by atoms with Crippen molar-refractivity contribution in [3.8, 4) is 5.69 Å². The number of carbonyl (C=O) groups is 2. The second-order valence-corrected chi connectivity index (χ2v) is 9.15. The molecule has 0 bridgehead atoms. The molecule has 0 aliphatic heterocycles. The van der Waals surface area contributed by atoms with Crippen LogP contribution in [0.15, 0.2) is 48.5 Å². The van der Waals surface area contributed by atoms with E-state index in [9.17, 15) is 19.8 Å². The number of nitrogens with zero attached hydrogens (tertiary/aromatic N) is 2. The maximum atomic E-state index is 13.1. The van der Waals surface area contributed by atoms with Gasteiger partial charge in [-0.2, -0.15) is 5.10 Å². The zero-order valence-corrected chi connectivity index (χ0v) is 19.1. The Morgan fingerprint density at radius 3 is 2.48 bits per heavy atom. The first kappa shape index (κ1) is 22.5. The lowest BCUT2D eigenvalue weighted by atomic mass is 9.69. The molecule has 0 spiro atoms. The number of carboxylic acid groups (broad SMARTS) is 1. The highest BCUT2D eigenvalue weighted by atomic mass is 16.4. The third-order valence-corrected chi connectivity index (χ3v) is 6.35. The maximum Gasteiger partial charge on any atom is 0.335 e. The number of amides is 2. The average molecular weight is 449 g/mol. The Morgan fingerprint density at radius 1 is 1.12 bits per heavy atom. The number of aromatic nitrogens is 2. The molecule has 1 aromatic heterocycles. The molecule has 1 aliphatic carbocycles. The summed E-state index contributed by atoms with van der Waals surface area (Å²) < 4.78 is 1.67. The third kappa shape index (κ3) is 4.21. The Morgan fingerprint density at radius 2 is 1.82 bits per heavy atom. The van der Waals surface area contributed by atoms with Gasteiger partial charge in [-0.05, 0) is 61.1 Å². The van der Waals surface area contributed by atoms with Crippen LogP contribution in [-0.4, -0.2) is 38.1 Å². The number of carbonyl (C=O) groups excluding carboxylic acids is 1. The molecule has 3 aromatic rings. The fraction of sp³-hybridized carbons (Fsp3) is 0.320. The van der Waals surface area contributed by atoms with Gasteiger partial charge in [0.2, 0.25) is 0 Å². The number of fused-ring (bicyclic) bond motifs is 1. The van der Waals surface area contributed by atoms with Gasteiger partial charge in [0.15, 0.2) is 0 Å². The fourth-order valence-electron chi connectivity index (χ4n) is 4.49. The number of aliphatic hydroxyl groups excluding tert-OH is 1. The molecule has 2 amide bonds. The van der Waals surface area contributed by atoms with E-state index in [-0.39, 0.29) is 11.0 Å². The molecule has 8 heteroatoms. The summed E-state index contributed by atoms with van der Waals surface area (Å²) in [5.41, 5.74) is 3.68. The number of anilines is 1. The topological polar surface area (TPSA) is 116 Å². The number of rotatable bonds is 4. The van der Waals surface area contributed by atoms with Crippen LogP contribution in [0.2, 0.25) is 0 Å². The van der Waals surface area contributed by atoms with E-state index in [0.717, 1.165) is 22.5 Å². The van der Waals surface area contributed by atoms with Gasteiger partial charge in [0, 0.05) is 5.56 Å². The highest BCUT2D eigenvalue weighted by Crippen LogP contribution is 2.42. The summed E-state index contributed by atoms with van der Waals surface area (Å²) in [6.45, 7) is 7.74. The SMILES string of the molecule is Cc1nn(-c2ccccc2)c(NC(=O)N[C@H]2c3cc(C(=O)O)ccc3C(C)(C)C[C@@H]2O)c1C. The van der Waals surface area contributed by atoms with Crippen LogP contribution in [0.25, 0.3) is 5.69 Å². The number of aliphatic hydroxyl groups is 1. The minimum absolute atomic E-state index is 0.111. The molecule has 0 saturated carbocycles. The summed E-state index contributed by atoms with van der Waals surface area (Å²) in [4.78, 5) is 24.6. The van der Waals surface area contributed by atoms with Crippen molar-refractivity contribution in [1.82, 2.24) is 15.1 Å². The number of para-hydroxylation sites is 1. The molecular formula is C25H28N4O4. The number of aromatic carboxylic acids is 1. The number of hydrogen-bond donors (Lipinski definition) is 4. The largest absolute Gasteiger partial charge is 0.478 e. The molecule has 8 nitrogen and oxygen atoms in total. The van der Waals surface area contributed by atoms with E-state index >= 15 is 0 Å². The Bertz CT molecular complexity index is 1220. The van der Waals surface area contributed by atoms with E-state index < -0.39 is 24.1 Å². The molecule has 1 aliphatic rings. The van der Waals surface area contributed by atoms with Gasteiger partial charge >= 0.3 is 12.0 Å². The average Bonchev–Trinajstić information content (AvgIpc) is 3.05. The van der Waals surface area contributed by atoms with E-state index in [1.807, 2.05) is 58.0 Å². The minimum Gasteiger partial charge on any atom is -0.478 e. The molecule has 2 atom stereocenters. The van der Waals surface area contributed by atoms with Gasteiger partial charge in [-0.15, -0.1) is 0 Å². The van der Waals surface area contributed by atoms with E-state index in [2.05, 4.69) is 15.7 Å². The van der Waals surface area contributed by atoms with Crippen molar-refractivity contribution in [1.29, 1.82) is 0 Å². The molecule has 0 saturated heterocycles. The van der Waals surface area contributed by atoms with Gasteiger partial charge in [-0.3, -0.25) is 5.32 Å². The van der Waals surface area contributed by atoms with Crippen molar-refractivity contribution in [2.75, 3.05) is 5.32 Å². The van der Waals surface area contributed by atoms with Crippen molar-refractivity contribution < 1.29 is 19.8 Å². The smallest absolute Gasteiger partial charge is 0.335 e. The van der Waals surface area contributed by atoms with Crippen molar-refractivity contribution in [2.24, 2.45) is 0 Å². The van der Waals surface area contributed by atoms with E-state index in [1.54, 1.807) is 16.8 Å². The number of benzene rings is 2. The summed E-state index contributed by atoms with van der Waals surface area (Å²) in [6.07, 6.45) is -0.443. The summed E-state index contributed by atoms with van der Waals surface area (Å²) >= 11 is 0. The number of urea groups is 1. The van der Waals surface area contributed by atoms with Crippen molar-refractivity contribution in [3.63, 3.8) is 0 Å². The van der Waals surface area contributed by atoms with Crippen molar-refractivity contribution in [2.45, 2.75) is 51.7 Å². The Kier molecular flexibility index (Phi) is 5.71. The minimum atomic E-state index is -1.06. The Hall–Kier alpha value is -3.65. The van der Waals surface area contributed by atoms with Crippen LogP contribution in [0.4, 0.5) is 10.6 Å². The van der Waals surface area contributed by atoms with Crippen LogP contribution in [0.3, 0.4) is 0 Å². The highest BCUT2D eigenvalue weighted by molar-refractivity contribution is 5.90. The lowest BCUT2D eigenvalue weighted by Gasteiger charge is -2.40. The van der Waals surface area contributed by atoms with Crippen LogP contribution >= 0.6 is 0 Å². The van der Waals surface area contributed by atoms with Crippen LogP contribution in [0.1, 0.15) is 59.1 Å². The predicted octanol–water partition coefficient (Wildman–Crippen LogP) is 4.09. The second kappa shape index (κ2) is 8.37. The van der Waals surface area contributed by atoms with Crippen LogP contribution < -0.4 is 10.6 Å². The molecule has 33 heavy (non-hydrogen) atoms. The zero-order chi connectivity index (χ0) is 23.9. The van der Waals surface area contributed by atoms with Gasteiger partial charge in [-0.25, -0.2) is 14.3 Å². The normalized spacial score (nSPS) is 18.9. The maximum absolute atomic E-state index is 13.1. The van der Waals surface area contributed by atoms with Crippen LogP contribution in [0, 0.1) is 13.8 Å². The predicted molar refractivity (Wildman–Crippen MR) is 125 cm³/mol. The van der Waals surface area contributed by atoms with Crippen molar-refractivity contribution in [3.05, 3.63) is 76.5 Å². The Balaban J connectivity index is 1.65. The van der Waals surface area contributed by atoms with Gasteiger partial charge in [0.05, 0.1) is 29.1 Å². The van der Waals surface area contributed by atoms with Crippen molar-refractivity contribution >= 4 is 17.8 Å². The quantitative estimate of drug-likeness (QED) is 0.480. The molecule has 4 rings (SSSR count). The van der Waals surface area contributed by atoms with Gasteiger partial charge in [0.1, 0.15) is 5.82 Å². The number of nitrogens with one attached hydrogen (secondary N) is 2. The summed E-state index contributed by atoms with van der Waals surface area (Å²) in [6, 6.07) is 13.1. The van der Waals surface area contributed by atoms with E-state index in [0.29, 0.717) is 17.8 Å². The summed E-state index contributed by atoms with van der Waals surface area (Å²) in [5.74, 6) is -0.530. The molecule has 172 valence electrons. The second-order valence-electron chi connectivity index (χ2n) is 9.15. The standard InChI is InChI=1S/C25H28N4O4/c1-14-15(2)28-29(17-8-6-5-7-9-17)22(14)27-24(33)26-21-18-12-16(23(31)32)10-11-19(18)25(3,4)13-20(21)30/h5-12,20-21,30H,13H2,1-4H3,(H,31,32)(H2,26,27,33)/t20-,21-/m0/s1. The first-order chi connectivity index (χ1) is 15.6. The molecule has 0 radical (unpaired) electrons. The monoisotopic (exact) mass is 448 g/mol. The first-order valence-electron chi connectivity index (χ1n) is 10.8. The van der Waals surface area contributed by atoms with Gasteiger partial charge in [-0.1, -0.05) is 38.1 Å². The number of aryl methyl sites for hydroxylation is 1. The number of hydrogen-bond acceptors (Lipinski definition) is 4.